The van der Waals surface area contributed by atoms with Gasteiger partial charge in [0.15, 0.2) is 0 Å². The molecular formula is C15H12BrF2NO. The molecule has 2 atom stereocenters. The van der Waals surface area contributed by atoms with Crippen molar-refractivity contribution in [3.63, 3.8) is 0 Å². The van der Waals surface area contributed by atoms with Gasteiger partial charge in [-0.25, -0.2) is 8.78 Å². The predicted octanol–water partition coefficient (Wildman–Crippen LogP) is 4.25. The standard InChI is InChI=1S/C15H12BrF2NO/c16-12-6-9(18)1-3-10(12)15-7-13(19)11-5-8(17)2-4-14(11)20-15/h1-6,13,15H,7,19H2. The maximum absolute atomic E-state index is 13.2. The Morgan fingerprint density at radius 3 is 2.50 bits per heavy atom. The molecule has 104 valence electrons. The van der Waals surface area contributed by atoms with E-state index in [-0.39, 0.29) is 23.8 Å². The van der Waals surface area contributed by atoms with Gasteiger partial charge >= 0.3 is 0 Å². The normalized spacial score (nSPS) is 21.2. The zero-order chi connectivity index (χ0) is 14.3. The summed E-state index contributed by atoms with van der Waals surface area (Å²) in [4.78, 5) is 0. The molecule has 0 spiro atoms. The van der Waals surface area contributed by atoms with Crippen LogP contribution in [0.3, 0.4) is 0 Å². The van der Waals surface area contributed by atoms with Crippen molar-refractivity contribution in [3.05, 3.63) is 63.6 Å². The highest BCUT2D eigenvalue weighted by atomic mass is 79.9. The molecule has 1 aliphatic rings. The molecule has 0 saturated heterocycles. The molecule has 0 fully saturated rings. The number of hydrogen-bond acceptors (Lipinski definition) is 2. The van der Waals surface area contributed by atoms with Gasteiger partial charge in [0.1, 0.15) is 23.5 Å². The second-order valence-corrected chi connectivity index (χ2v) is 5.65. The molecule has 0 bridgehead atoms. The first-order valence-electron chi connectivity index (χ1n) is 6.21. The van der Waals surface area contributed by atoms with E-state index in [0.29, 0.717) is 22.2 Å². The van der Waals surface area contributed by atoms with Crippen LogP contribution < -0.4 is 10.5 Å². The van der Waals surface area contributed by atoms with E-state index in [1.807, 2.05) is 0 Å². The van der Waals surface area contributed by atoms with E-state index in [2.05, 4.69) is 15.9 Å². The second-order valence-electron chi connectivity index (χ2n) is 4.80. The quantitative estimate of drug-likeness (QED) is 0.842. The summed E-state index contributed by atoms with van der Waals surface area (Å²) >= 11 is 3.33. The first-order valence-corrected chi connectivity index (χ1v) is 7.00. The number of halogens is 3. The minimum Gasteiger partial charge on any atom is -0.485 e. The zero-order valence-corrected chi connectivity index (χ0v) is 12.0. The highest BCUT2D eigenvalue weighted by Gasteiger charge is 2.28. The molecule has 0 saturated carbocycles. The van der Waals surface area contributed by atoms with Crippen LogP contribution in [0.15, 0.2) is 40.9 Å². The minimum atomic E-state index is -0.329. The lowest BCUT2D eigenvalue weighted by Crippen LogP contribution is -2.24. The molecule has 3 rings (SSSR count). The fourth-order valence-electron chi connectivity index (χ4n) is 2.43. The van der Waals surface area contributed by atoms with E-state index in [1.54, 1.807) is 12.1 Å². The molecule has 1 heterocycles. The molecule has 20 heavy (non-hydrogen) atoms. The van der Waals surface area contributed by atoms with E-state index in [0.717, 1.165) is 5.56 Å². The van der Waals surface area contributed by atoms with Crippen molar-refractivity contribution < 1.29 is 13.5 Å². The highest BCUT2D eigenvalue weighted by Crippen LogP contribution is 2.41. The van der Waals surface area contributed by atoms with E-state index in [9.17, 15) is 8.78 Å². The molecule has 0 radical (unpaired) electrons. The molecule has 0 amide bonds. The third kappa shape index (κ3) is 2.43. The van der Waals surface area contributed by atoms with Crippen LogP contribution in [0.5, 0.6) is 5.75 Å². The van der Waals surface area contributed by atoms with Crippen molar-refractivity contribution >= 4 is 15.9 Å². The van der Waals surface area contributed by atoms with Crippen molar-refractivity contribution in [2.45, 2.75) is 18.6 Å². The average molecular weight is 340 g/mol. The number of hydrogen-bond donors (Lipinski definition) is 1. The van der Waals surface area contributed by atoms with E-state index < -0.39 is 0 Å². The molecular weight excluding hydrogens is 328 g/mol. The Morgan fingerprint density at radius 1 is 1.05 bits per heavy atom. The maximum atomic E-state index is 13.2. The van der Waals surface area contributed by atoms with E-state index >= 15 is 0 Å². The number of ether oxygens (including phenoxy) is 1. The lowest BCUT2D eigenvalue weighted by molar-refractivity contribution is 0.160. The van der Waals surface area contributed by atoms with Crippen LogP contribution in [-0.2, 0) is 0 Å². The van der Waals surface area contributed by atoms with Crippen LogP contribution in [0.25, 0.3) is 0 Å². The number of rotatable bonds is 1. The first kappa shape index (κ1) is 13.5. The lowest BCUT2D eigenvalue weighted by Gasteiger charge is -2.31. The van der Waals surface area contributed by atoms with Crippen molar-refractivity contribution in [2.24, 2.45) is 5.73 Å². The molecule has 2 nitrogen and oxygen atoms in total. The number of nitrogens with two attached hydrogens (primary N) is 1. The van der Waals surface area contributed by atoms with Gasteiger partial charge in [0.25, 0.3) is 0 Å². The molecule has 2 aromatic carbocycles. The largest absolute Gasteiger partial charge is 0.485 e. The van der Waals surface area contributed by atoms with Crippen molar-refractivity contribution in [1.29, 1.82) is 0 Å². The fourth-order valence-corrected chi connectivity index (χ4v) is 3.03. The Labute approximate surface area is 123 Å². The molecule has 5 heteroatoms. The van der Waals surface area contributed by atoms with Gasteiger partial charge in [0, 0.05) is 28.1 Å². The minimum absolute atomic E-state index is 0.280. The summed E-state index contributed by atoms with van der Waals surface area (Å²) < 4.78 is 32.9. The molecule has 0 aromatic heterocycles. The Kier molecular flexibility index (Phi) is 3.48. The van der Waals surface area contributed by atoms with Gasteiger partial charge in [-0.1, -0.05) is 22.0 Å². The summed E-state index contributed by atoms with van der Waals surface area (Å²) in [5, 5.41) is 0. The third-order valence-electron chi connectivity index (χ3n) is 3.42. The summed E-state index contributed by atoms with van der Waals surface area (Å²) in [5.74, 6) is -0.0706. The summed E-state index contributed by atoms with van der Waals surface area (Å²) in [6.45, 7) is 0. The summed E-state index contributed by atoms with van der Waals surface area (Å²) in [5.41, 5.74) is 7.58. The average Bonchev–Trinajstić information content (AvgIpc) is 2.39. The topological polar surface area (TPSA) is 35.2 Å². The van der Waals surface area contributed by atoms with Gasteiger partial charge in [-0.15, -0.1) is 0 Å². The van der Waals surface area contributed by atoms with Crippen LogP contribution in [0.2, 0.25) is 0 Å². The Balaban J connectivity index is 1.97. The van der Waals surface area contributed by atoms with Crippen LogP contribution in [0.1, 0.15) is 29.7 Å². The van der Waals surface area contributed by atoms with Gasteiger partial charge < -0.3 is 10.5 Å². The molecule has 1 aliphatic heterocycles. The summed E-state index contributed by atoms with van der Waals surface area (Å²) in [6.07, 6.45) is 0.235. The van der Waals surface area contributed by atoms with Crippen LogP contribution in [-0.4, -0.2) is 0 Å². The first-order chi connectivity index (χ1) is 9.54. The second kappa shape index (κ2) is 5.14. The maximum Gasteiger partial charge on any atom is 0.127 e. The smallest absolute Gasteiger partial charge is 0.127 e. The van der Waals surface area contributed by atoms with Crippen molar-refractivity contribution in [2.75, 3.05) is 0 Å². The molecule has 2 unspecified atom stereocenters. The lowest BCUT2D eigenvalue weighted by atomic mass is 9.93. The third-order valence-corrected chi connectivity index (χ3v) is 4.10. The van der Waals surface area contributed by atoms with E-state index in [1.165, 1.54) is 24.3 Å². The summed E-state index contributed by atoms with van der Waals surface area (Å²) in [7, 11) is 0. The van der Waals surface area contributed by atoms with Crippen LogP contribution in [0.4, 0.5) is 8.78 Å². The fraction of sp³-hybridized carbons (Fsp3) is 0.200. The Bertz CT molecular complexity index is 662. The zero-order valence-electron chi connectivity index (χ0n) is 10.4. The van der Waals surface area contributed by atoms with Crippen molar-refractivity contribution in [1.82, 2.24) is 0 Å². The van der Waals surface area contributed by atoms with Gasteiger partial charge in [-0.3, -0.25) is 0 Å². The van der Waals surface area contributed by atoms with Gasteiger partial charge in [0.05, 0.1) is 0 Å². The number of fused-ring (bicyclic) bond motifs is 1. The van der Waals surface area contributed by atoms with Gasteiger partial charge in [0.2, 0.25) is 0 Å². The molecule has 0 aliphatic carbocycles. The highest BCUT2D eigenvalue weighted by molar-refractivity contribution is 9.10. The molecule has 2 N–H and O–H groups in total. The SMILES string of the molecule is NC1CC(c2ccc(F)cc2Br)Oc2ccc(F)cc21. The van der Waals surface area contributed by atoms with Crippen LogP contribution in [0, 0.1) is 11.6 Å². The van der Waals surface area contributed by atoms with Crippen LogP contribution >= 0.6 is 15.9 Å². The molecule has 2 aromatic rings. The van der Waals surface area contributed by atoms with Gasteiger partial charge in [-0.2, -0.15) is 0 Å². The van der Waals surface area contributed by atoms with E-state index in [4.69, 9.17) is 10.5 Å². The number of benzene rings is 2. The summed E-state index contributed by atoms with van der Waals surface area (Å²) in [6, 6.07) is 8.46. The Hall–Kier alpha value is -1.46. The van der Waals surface area contributed by atoms with Crippen molar-refractivity contribution in [3.8, 4) is 5.75 Å². The predicted molar refractivity (Wildman–Crippen MR) is 75.4 cm³/mol. The monoisotopic (exact) mass is 339 g/mol. The Morgan fingerprint density at radius 2 is 1.75 bits per heavy atom. The van der Waals surface area contributed by atoms with Gasteiger partial charge in [-0.05, 0) is 30.3 Å².